The molecule has 0 spiro atoms. The van der Waals surface area contributed by atoms with Crippen molar-refractivity contribution in [1.82, 2.24) is 47.0 Å². The number of rotatable bonds is 19. The first-order valence-corrected chi connectivity index (χ1v) is 43.3. The van der Waals surface area contributed by atoms with Crippen LogP contribution in [0.5, 0.6) is 0 Å². The number of thiophene rings is 5. The number of nitrogens with zero attached hydrogens (tertiary/aromatic N) is 2. The number of fused-ring (bicyclic) bond motifs is 5. The first-order chi connectivity index (χ1) is 54.4. The summed E-state index contributed by atoms with van der Waals surface area (Å²) in [7, 11) is 0. The number of unbranched alkanes of at least 4 members (excludes halogenated alkanes) is 2. The average molecular weight is 1700 g/mol. The summed E-state index contributed by atoms with van der Waals surface area (Å²) < 4.78 is 5.42. The third kappa shape index (κ3) is 28.2. The molecule has 0 saturated carbocycles. The van der Waals surface area contributed by atoms with Crippen molar-refractivity contribution in [3.05, 3.63) is 116 Å². The zero-order chi connectivity index (χ0) is 85.7. The van der Waals surface area contributed by atoms with E-state index >= 15 is 0 Å². The van der Waals surface area contributed by atoms with Crippen LogP contribution in [0.3, 0.4) is 0 Å². The Labute approximate surface area is 699 Å². The molecule has 22 N–H and O–H groups in total. The molecule has 6 aromatic rings. The minimum atomic E-state index is -0.593. The van der Waals surface area contributed by atoms with E-state index in [0.717, 1.165) is 157 Å². The molecular weight excluding hydrogens is 1580 g/mol. The molecule has 5 aromatic heterocycles. The first-order valence-electron chi connectivity index (χ1n) is 39.2. The quantitative estimate of drug-likeness (QED) is 0.0335. The number of urea groups is 5. The van der Waals surface area contributed by atoms with Crippen LogP contribution in [0.15, 0.2) is 30.3 Å². The summed E-state index contributed by atoms with van der Waals surface area (Å²) in [5.41, 5.74) is 34.3. The Morgan fingerprint density at radius 2 is 0.836 bits per heavy atom. The van der Waals surface area contributed by atoms with Gasteiger partial charge in [0, 0.05) is 93.4 Å². The Morgan fingerprint density at radius 3 is 1.23 bits per heavy atom. The lowest BCUT2D eigenvalue weighted by Crippen LogP contribution is -2.43. The van der Waals surface area contributed by atoms with Crippen molar-refractivity contribution in [2.45, 2.75) is 235 Å². The van der Waals surface area contributed by atoms with Gasteiger partial charge >= 0.3 is 36.2 Å². The van der Waals surface area contributed by atoms with Gasteiger partial charge in [0.15, 0.2) is 0 Å². The smallest absolute Gasteiger partial charge is 0.410 e. The second kappa shape index (κ2) is 42.1. The molecule has 4 aliphatic heterocycles. The van der Waals surface area contributed by atoms with Gasteiger partial charge in [0.1, 0.15) is 30.6 Å². The molecule has 116 heavy (non-hydrogen) atoms. The average Bonchev–Trinajstić information content (AvgIpc) is 1.65. The van der Waals surface area contributed by atoms with Crippen LogP contribution < -0.4 is 92.5 Å². The van der Waals surface area contributed by atoms with Gasteiger partial charge in [-0.2, -0.15) is 0 Å². The highest BCUT2D eigenvalue weighted by Crippen LogP contribution is 2.44. The monoisotopic (exact) mass is 1700 g/mol. The molecule has 5 aliphatic rings. The number of anilines is 5. The van der Waals surface area contributed by atoms with Crippen molar-refractivity contribution in [2.75, 3.05) is 72.4 Å². The van der Waals surface area contributed by atoms with Crippen molar-refractivity contribution in [2.24, 2.45) is 28.7 Å². The third-order valence-corrected chi connectivity index (χ3v) is 24.0. The van der Waals surface area contributed by atoms with Gasteiger partial charge in [-0.3, -0.25) is 55.5 Å². The molecule has 9 heterocycles. The van der Waals surface area contributed by atoms with Crippen LogP contribution in [-0.2, 0) is 69.4 Å². The van der Waals surface area contributed by atoms with Gasteiger partial charge in [-0.25, -0.2) is 28.8 Å². The van der Waals surface area contributed by atoms with Crippen LogP contribution in [-0.4, -0.2) is 144 Å². The first kappa shape index (κ1) is 93.7. The van der Waals surface area contributed by atoms with Crippen molar-refractivity contribution in [1.29, 1.82) is 0 Å². The van der Waals surface area contributed by atoms with E-state index in [-0.39, 0.29) is 35.2 Å². The van der Waals surface area contributed by atoms with E-state index < -0.39 is 52.8 Å². The molecule has 0 saturated heterocycles. The molecule has 0 fully saturated rings. The van der Waals surface area contributed by atoms with Crippen LogP contribution in [0.2, 0.25) is 0 Å². The normalized spacial score (nSPS) is 14.8. The maximum Gasteiger partial charge on any atom is 0.410 e. The lowest BCUT2D eigenvalue weighted by atomic mass is 9.86. The molecule has 1 aromatic carbocycles. The number of nitrogens with one attached hydrogen (secondary N) is 12. The Bertz CT molecular complexity index is 4500. The lowest BCUT2D eigenvalue weighted by molar-refractivity contribution is 0.0226. The Kier molecular flexibility index (Phi) is 34.0. The zero-order valence-corrected chi connectivity index (χ0v) is 73.5. The predicted molar refractivity (Wildman–Crippen MR) is 465 cm³/mol. The van der Waals surface area contributed by atoms with E-state index in [2.05, 4.69) is 114 Å². The number of benzene rings is 1. The number of amides is 16. The van der Waals surface area contributed by atoms with Crippen molar-refractivity contribution >= 4 is 147 Å². The molecule has 0 radical (unpaired) electrons. The minimum Gasteiger partial charge on any atom is -0.444 e. The van der Waals surface area contributed by atoms with E-state index in [9.17, 15) is 52.7 Å². The SMILES string of the molecule is CC(C)(C)NC(=O)Nc1sc2c(c1C(N)=O)CCN(C(=O)OC(C)(C)C)C2.CC(C)(C)NC(=O)Nc1sc2c(c1C(N)=O)CCNC2.CC1CCCc2sc(NC(=O)NC(C)(C)C)c(C(N)=O)c21.CCCCNC(=O)Nc1sc2c(c1C(N)=O)CCN(CCc1ccccc1)C2.CCCCNC(=O)Nc1sc2c(c1C(N)=O)CCNC2. The maximum atomic E-state index is 12.3. The molecule has 1 atom stereocenters. The second-order valence-electron chi connectivity index (χ2n) is 32.8. The summed E-state index contributed by atoms with van der Waals surface area (Å²) >= 11 is 7.04. The number of hydrogen-bond acceptors (Lipinski definition) is 20. The second-order valence-corrected chi connectivity index (χ2v) is 38.3. The van der Waals surface area contributed by atoms with Gasteiger partial charge in [-0.05, 0) is 200 Å². The highest BCUT2D eigenvalue weighted by Gasteiger charge is 2.35. The van der Waals surface area contributed by atoms with Gasteiger partial charge in [0.05, 0.1) is 34.4 Å². The van der Waals surface area contributed by atoms with Gasteiger partial charge in [-0.15, -0.1) is 56.7 Å². The van der Waals surface area contributed by atoms with Gasteiger partial charge in [0.2, 0.25) is 0 Å². The van der Waals surface area contributed by atoms with Crippen molar-refractivity contribution < 1.29 is 57.5 Å². The number of nitrogens with two attached hydrogens (primary N) is 5. The molecule has 0 bridgehead atoms. The van der Waals surface area contributed by atoms with E-state index in [1.165, 1.54) is 67.1 Å². The molecule has 11 rings (SSSR count). The maximum absolute atomic E-state index is 12.3. The number of ether oxygens (including phenoxy) is 1. The minimum absolute atomic E-state index is 0.282. The van der Waals surface area contributed by atoms with E-state index in [1.807, 2.05) is 89.2 Å². The highest BCUT2D eigenvalue weighted by molar-refractivity contribution is 7.18. The zero-order valence-electron chi connectivity index (χ0n) is 69.4. The number of primary amides is 5. The number of carbonyl (C=O) groups excluding carboxylic acids is 11. The summed E-state index contributed by atoms with van der Waals surface area (Å²) in [5, 5.41) is 37.0. The highest BCUT2D eigenvalue weighted by atomic mass is 32.1. The number of aryl methyl sites for hydroxylation is 1. The molecule has 16 amide bonds. The number of hydrogen-bond donors (Lipinski definition) is 17. The van der Waals surface area contributed by atoms with E-state index in [1.54, 1.807) is 4.90 Å². The van der Waals surface area contributed by atoms with Crippen LogP contribution >= 0.6 is 56.7 Å². The van der Waals surface area contributed by atoms with Gasteiger partial charge < -0.3 is 75.5 Å². The molecule has 636 valence electrons. The fourth-order valence-electron chi connectivity index (χ4n) is 13.2. The standard InChI is InChI=1S/C21H28N4O2S.C18H28N4O4S.C15H23N3O2S.2C13H20N4O2S/c1-2-3-11-23-21(27)24-20-18(19(22)26)16-10-13-25(14-17(16)28-20)12-9-15-7-5-4-6-8-15;1-17(2,3)21-15(24)20-14-12(13(19)23)10-7-8-22(9-11(10)27-14)16(25)26-18(4,5)6;1-8-6-5-7-9-10(8)11(12(16)19)13(21-9)17-14(20)18-15(2,3)4;1-13(2,3)17-12(19)16-11-9(10(14)18)7-4-5-15-6-8(7)20-11;1-2-3-5-16-13(19)17-12-10(11(14)18)8-4-6-15-7-9(8)20-12/h4-8H,2-3,9-14H2,1H3,(H2,22,26)(H2,23,24,27);7-9H2,1-6H3,(H2,19,23)(H2,20,21,24);8H,5-7H2,1-4H3,(H2,16,19)(H2,17,18,20);15H,4-6H2,1-3H3,(H2,14,18)(H2,16,17,19);15H,2-7H2,1H3,(H2,14,18)(H2,16,17,19). The van der Waals surface area contributed by atoms with Crippen molar-refractivity contribution in [3.8, 4) is 0 Å². The topological polar surface area (TPSA) is 478 Å². The van der Waals surface area contributed by atoms with Crippen LogP contribution in [0.25, 0.3) is 0 Å². The summed E-state index contributed by atoms with van der Waals surface area (Å²) in [6.45, 7) is 36.4. The van der Waals surface area contributed by atoms with E-state index in [0.29, 0.717) is 97.9 Å². The van der Waals surface area contributed by atoms with E-state index in [4.69, 9.17) is 33.4 Å². The fourth-order valence-corrected chi connectivity index (χ4v) is 19.6. The Morgan fingerprint density at radius 1 is 0.466 bits per heavy atom. The summed E-state index contributed by atoms with van der Waals surface area (Å²) in [6.07, 6.45) is 10.4. The summed E-state index contributed by atoms with van der Waals surface area (Å²) in [4.78, 5) is 141. The van der Waals surface area contributed by atoms with Crippen LogP contribution in [0.4, 0.5) is 53.8 Å². The molecule has 36 heteroatoms. The predicted octanol–water partition coefficient (Wildman–Crippen LogP) is 12.5. The molecular formula is C80H119N19O12S5. The Balaban J connectivity index is 0.000000202. The fraction of sp³-hybridized carbons (Fsp3) is 0.537. The lowest BCUT2D eigenvalue weighted by Gasteiger charge is -2.30. The van der Waals surface area contributed by atoms with Crippen LogP contribution in [0.1, 0.15) is 258 Å². The van der Waals surface area contributed by atoms with Gasteiger partial charge in [-0.1, -0.05) is 63.9 Å². The molecule has 1 unspecified atom stereocenters. The third-order valence-electron chi connectivity index (χ3n) is 18.3. The largest absolute Gasteiger partial charge is 0.444 e. The van der Waals surface area contributed by atoms with Gasteiger partial charge in [0.25, 0.3) is 29.5 Å². The molecule has 31 nitrogen and oxygen atoms in total. The Hall–Kier alpha value is -9.43. The molecule has 1 aliphatic carbocycles. The van der Waals surface area contributed by atoms with Crippen molar-refractivity contribution in [3.63, 3.8) is 0 Å². The summed E-state index contributed by atoms with van der Waals surface area (Å²) in [5.74, 6) is -2.19. The number of carbonyl (C=O) groups is 11. The summed E-state index contributed by atoms with van der Waals surface area (Å²) in [6, 6.07) is 8.83. The van der Waals surface area contributed by atoms with Crippen LogP contribution in [0, 0.1) is 0 Å².